The second kappa shape index (κ2) is 9.02. The van der Waals surface area contributed by atoms with Crippen LogP contribution in [-0.4, -0.2) is 36.4 Å². The first-order valence-electron chi connectivity index (χ1n) is 7.18. The number of carboxylic acid groups (broad SMARTS) is 1. The highest BCUT2D eigenvalue weighted by molar-refractivity contribution is 5.83. The number of carbonyl (C=O) groups excluding carboxylic acids is 1. The SMILES string of the molecule is O=C(O)COc1ccc(C=NNC(=O)COc2ccc(F)cc2)cc1. The van der Waals surface area contributed by atoms with E-state index in [1.165, 1.54) is 30.5 Å². The van der Waals surface area contributed by atoms with Crippen molar-refractivity contribution >= 4 is 18.1 Å². The van der Waals surface area contributed by atoms with Gasteiger partial charge in [0.2, 0.25) is 0 Å². The lowest BCUT2D eigenvalue weighted by Crippen LogP contribution is -2.24. The third-order valence-corrected chi connectivity index (χ3v) is 2.83. The number of rotatable bonds is 8. The Labute approximate surface area is 142 Å². The molecule has 0 atom stereocenters. The maximum absolute atomic E-state index is 12.7. The molecule has 2 aromatic carbocycles. The number of carboxylic acids is 1. The normalized spacial score (nSPS) is 10.4. The summed E-state index contributed by atoms with van der Waals surface area (Å²) >= 11 is 0. The number of aliphatic carboxylic acids is 1. The first kappa shape index (κ1) is 17.9. The molecule has 7 nitrogen and oxygen atoms in total. The lowest BCUT2D eigenvalue weighted by molar-refractivity contribution is -0.139. The highest BCUT2D eigenvalue weighted by Crippen LogP contribution is 2.11. The van der Waals surface area contributed by atoms with Crippen LogP contribution in [0.5, 0.6) is 11.5 Å². The molecule has 0 heterocycles. The van der Waals surface area contributed by atoms with Gasteiger partial charge in [0.1, 0.15) is 17.3 Å². The molecule has 2 N–H and O–H groups in total. The summed E-state index contributed by atoms with van der Waals surface area (Å²) in [5.41, 5.74) is 2.97. The Morgan fingerprint density at radius 1 is 1.00 bits per heavy atom. The smallest absolute Gasteiger partial charge is 0.341 e. The summed E-state index contributed by atoms with van der Waals surface area (Å²) < 4.78 is 22.9. The van der Waals surface area contributed by atoms with Gasteiger partial charge >= 0.3 is 5.97 Å². The topological polar surface area (TPSA) is 97.2 Å². The number of hydrazone groups is 1. The van der Waals surface area contributed by atoms with Gasteiger partial charge in [-0.05, 0) is 54.1 Å². The molecular formula is C17H15FN2O5. The zero-order valence-corrected chi connectivity index (χ0v) is 13.0. The van der Waals surface area contributed by atoms with Gasteiger partial charge < -0.3 is 14.6 Å². The molecule has 1 amide bonds. The molecule has 0 aliphatic heterocycles. The van der Waals surface area contributed by atoms with Crippen LogP contribution in [0.4, 0.5) is 4.39 Å². The minimum absolute atomic E-state index is 0.259. The van der Waals surface area contributed by atoms with Gasteiger partial charge in [0.25, 0.3) is 5.91 Å². The van der Waals surface area contributed by atoms with Gasteiger partial charge in [-0.15, -0.1) is 0 Å². The van der Waals surface area contributed by atoms with Crippen LogP contribution in [-0.2, 0) is 9.59 Å². The van der Waals surface area contributed by atoms with Crippen LogP contribution in [0.25, 0.3) is 0 Å². The fourth-order valence-corrected chi connectivity index (χ4v) is 1.69. The lowest BCUT2D eigenvalue weighted by Gasteiger charge is -2.04. The van der Waals surface area contributed by atoms with Crippen molar-refractivity contribution in [3.05, 3.63) is 59.9 Å². The standard InChI is InChI=1S/C17H15FN2O5/c18-13-3-7-15(8-4-13)24-10-16(21)20-19-9-12-1-5-14(6-2-12)25-11-17(22)23/h1-9H,10-11H2,(H,20,21)(H,22,23). The maximum Gasteiger partial charge on any atom is 0.341 e. The third-order valence-electron chi connectivity index (χ3n) is 2.83. The molecule has 0 unspecified atom stereocenters. The van der Waals surface area contributed by atoms with Crippen molar-refractivity contribution in [1.82, 2.24) is 5.43 Å². The molecule has 0 spiro atoms. The van der Waals surface area contributed by atoms with Crippen LogP contribution < -0.4 is 14.9 Å². The van der Waals surface area contributed by atoms with E-state index in [0.29, 0.717) is 17.1 Å². The van der Waals surface area contributed by atoms with Crippen molar-refractivity contribution in [3.8, 4) is 11.5 Å². The zero-order valence-electron chi connectivity index (χ0n) is 13.0. The van der Waals surface area contributed by atoms with Crippen LogP contribution in [0.2, 0.25) is 0 Å². The van der Waals surface area contributed by atoms with Gasteiger partial charge in [0, 0.05) is 0 Å². The van der Waals surface area contributed by atoms with E-state index in [4.69, 9.17) is 14.6 Å². The number of hydrogen-bond donors (Lipinski definition) is 2. The van der Waals surface area contributed by atoms with Crippen molar-refractivity contribution in [2.75, 3.05) is 13.2 Å². The van der Waals surface area contributed by atoms with Crippen molar-refractivity contribution in [2.45, 2.75) is 0 Å². The van der Waals surface area contributed by atoms with Gasteiger partial charge in [-0.25, -0.2) is 14.6 Å². The minimum Gasteiger partial charge on any atom is -0.484 e. The lowest BCUT2D eigenvalue weighted by atomic mass is 10.2. The average molecular weight is 346 g/mol. The second-order valence-corrected chi connectivity index (χ2v) is 4.79. The number of carbonyl (C=O) groups is 2. The van der Waals surface area contributed by atoms with Crippen LogP contribution >= 0.6 is 0 Å². The molecule has 0 bridgehead atoms. The molecule has 0 saturated heterocycles. The number of nitrogens with zero attached hydrogens (tertiary/aromatic N) is 1. The van der Waals surface area contributed by atoms with Crippen LogP contribution in [0.3, 0.4) is 0 Å². The fraction of sp³-hybridized carbons (Fsp3) is 0.118. The Bertz CT molecular complexity index is 745. The quantitative estimate of drug-likeness (QED) is 0.561. The number of ether oxygens (including phenoxy) is 2. The highest BCUT2D eigenvalue weighted by atomic mass is 19.1. The van der Waals surface area contributed by atoms with E-state index in [1.54, 1.807) is 24.3 Å². The van der Waals surface area contributed by atoms with Gasteiger partial charge in [-0.3, -0.25) is 4.79 Å². The van der Waals surface area contributed by atoms with Crippen molar-refractivity contribution in [1.29, 1.82) is 0 Å². The van der Waals surface area contributed by atoms with Gasteiger partial charge in [0.15, 0.2) is 13.2 Å². The molecular weight excluding hydrogens is 331 g/mol. The summed E-state index contributed by atoms with van der Waals surface area (Å²) in [5.74, 6) is -1.13. The summed E-state index contributed by atoms with van der Waals surface area (Å²) in [5, 5.41) is 12.3. The molecule has 2 rings (SSSR count). The Kier molecular flexibility index (Phi) is 6.47. The third kappa shape index (κ3) is 6.69. The molecule has 0 aromatic heterocycles. The molecule has 0 aliphatic carbocycles. The molecule has 0 fully saturated rings. The molecule has 0 saturated carbocycles. The van der Waals surface area contributed by atoms with E-state index in [1.807, 2.05) is 0 Å². The number of halogens is 1. The molecule has 130 valence electrons. The van der Waals surface area contributed by atoms with Crippen molar-refractivity contribution < 1.29 is 28.6 Å². The van der Waals surface area contributed by atoms with Gasteiger partial charge in [0.05, 0.1) is 6.21 Å². The summed E-state index contributed by atoms with van der Waals surface area (Å²) in [6.07, 6.45) is 1.41. The second-order valence-electron chi connectivity index (χ2n) is 4.79. The largest absolute Gasteiger partial charge is 0.484 e. The van der Waals surface area contributed by atoms with Crippen molar-refractivity contribution in [3.63, 3.8) is 0 Å². The van der Waals surface area contributed by atoms with Gasteiger partial charge in [-0.2, -0.15) is 5.10 Å². The molecule has 0 aliphatic rings. The van der Waals surface area contributed by atoms with E-state index in [9.17, 15) is 14.0 Å². The molecule has 25 heavy (non-hydrogen) atoms. The number of benzene rings is 2. The monoisotopic (exact) mass is 346 g/mol. The maximum atomic E-state index is 12.7. The minimum atomic E-state index is -1.06. The summed E-state index contributed by atoms with van der Waals surface area (Å²) in [4.78, 5) is 22.0. The van der Waals surface area contributed by atoms with Crippen LogP contribution in [0.15, 0.2) is 53.6 Å². The van der Waals surface area contributed by atoms with E-state index in [-0.39, 0.29) is 12.4 Å². The number of nitrogens with one attached hydrogen (secondary N) is 1. The predicted molar refractivity (Wildman–Crippen MR) is 87.2 cm³/mol. The van der Waals surface area contributed by atoms with Crippen LogP contribution in [0.1, 0.15) is 5.56 Å². The summed E-state index contributed by atoms with van der Waals surface area (Å²) in [6, 6.07) is 11.8. The van der Waals surface area contributed by atoms with E-state index in [0.717, 1.165) is 0 Å². The number of hydrogen-bond acceptors (Lipinski definition) is 5. The highest BCUT2D eigenvalue weighted by Gasteiger charge is 2.02. The average Bonchev–Trinajstić information content (AvgIpc) is 2.60. The zero-order chi connectivity index (χ0) is 18.1. The van der Waals surface area contributed by atoms with Crippen LogP contribution in [0, 0.1) is 5.82 Å². The first-order chi connectivity index (χ1) is 12.0. The Balaban J connectivity index is 1.74. The summed E-state index contributed by atoms with van der Waals surface area (Å²) in [7, 11) is 0. The predicted octanol–water partition coefficient (Wildman–Crippen LogP) is 1.82. The first-order valence-corrected chi connectivity index (χ1v) is 7.18. The Hall–Kier alpha value is -3.42. The summed E-state index contributed by atoms with van der Waals surface area (Å²) in [6.45, 7) is -0.678. The van der Waals surface area contributed by atoms with E-state index in [2.05, 4.69) is 10.5 Å². The Morgan fingerprint density at radius 2 is 1.56 bits per heavy atom. The van der Waals surface area contributed by atoms with E-state index < -0.39 is 18.5 Å². The molecule has 8 heteroatoms. The fourth-order valence-electron chi connectivity index (χ4n) is 1.69. The molecule has 0 radical (unpaired) electrons. The van der Waals surface area contributed by atoms with E-state index >= 15 is 0 Å². The molecule has 2 aromatic rings. The number of amides is 1. The van der Waals surface area contributed by atoms with Gasteiger partial charge in [-0.1, -0.05) is 0 Å². The Morgan fingerprint density at radius 3 is 2.16 bits per heavy atom. The van der Waals surface area contributed by atoms with Crippen molar-refractivity contribution in [2.24, 2.45) is 5.10 Å².